The number of nitrogens with zero attached hydrogens (tertiary/aromatic N) is 3. The molecular formula is C18H21FN4O2. The first-order valence-corrected chi connectivity index (χ1v) is 8.19. The van der Waals surface area contributed by atoms with Crippen LogP contribution in [0, 0.1) is 18.7 Å². The Balaban J connectivity index is 1.90. The Hall–Kier alpha value is -2.70. The molecule has 3 rings (SSSR count). The predicted octanol–water partition coefficient (Wildman–Crippen LogP) is 2.42. The highest BCUT2D eigenvalue weighted by molar-refractivity contribution is 5.94. The van der Waals surface area contributed by atoms with E-state index < -0.39 is 12.0 Å². The fourth-order valence-corrected chi connectivity index (χ4v) is 3.41. The van der Waals surface area contributed by atoms with Crippen LogP contribution in [0.3, 0.4) is 0 Å². The van der Waals surface area contributed by atoms with Gasteiger partial charge in [0.15, 0.2) is 0 Å². The quantitative estimate of drug-likeness (QED) is 0.930. The number of carbonyl (C=O) groups excluding carboxylic acids is 2. The maximum absolute atomic E-state index is 13.7. The lowest BCUT2D eigenvalue weighted by molar-refractivity contribution is -0.140. The van der Waals surface area contributed by atoms with Crippen LogP contribution in [0.4, 0.5) is 10.2 Å². The molecule has 0 unspecified atom stereocenters. The van der Waals surface area contributed by atoms with Crippen LogP contribution in [-0.4, -0.2) is 33.5 Å². The molecule has 0 radical (unpaired) electrons. The lowest BCUT2D eigenvalue weighted by Gasteiger charge is -2.38. The van der Waals surface area contributed by atoms with Gasteiger partial charge in [-0.1, -0.05) is 12.1 Å². The van der Waals surface area contributed by atoms with Gasteiger partial charge in [0.1, 0.15) is 11.6 Å². The summed E-state index contributed by atoms with van der Waals surface area (Å²) in [5.74, 6) is -0.489. The first-order chi connectivity index (χ1) is 11.9. The summed E-state index contributed by atoms with van der Waals surface area (Å²) in [6.45, 7) is 1.85. The van der Waals surface area contributed by atoms with Gasteiger partial charge in [-0.15, -0.1) is 0 Å². The normalized spacial score (nSPS) is 20.6. The molecule has 2 aromatic rings. The number of piperidine rings is 1. The summed E-state index contributed by atoms with van der Waals surface area (Å²) in [5, 5.41) is 7.09. The maximum Gasteiger partial charge on any atom is 0.231 e. The second-order valence-electron chi connectivity index (χ2n) is 6.43. The number of aromatic nitrogens is 2. The fourth-order valence-electron chi connectivity index (χ4n) is 3.41. The van der Waals surface area contributed by atoms with Crippen molar-refractivity contribution in [3.63, 3.8) is 0 Å². The number of benzene rings is 1. The van der Waals surface area contributed by atoms with Crippen LogP contribution in [0.25, 0.3) is 0 Å². The first kappa shape index (κ1) is 17.1. The van der Waals surface area contributed by atoms with Gasteiger partial charge >= 0.3 is 0 Å². The molecule has 0 spiro atoms. The number of rotatable bonds is 3. The Morgan fingerprint density at radius 2 is 2.08 bits per heavy atom. The highest BCUT2D eigenvalue weighted by Gasteiger charge is 2.39. The molecule has 25 heavy (non-hydrogen) atoms. The Bertz CT molecular complexity index is 817. The molecule has 2 atom stereocenters. The van der Waals surface area contributed by atoms with Crippen molar-refractivity contribution in [3.05, 3.63) is 47.4 Å². The third-order valence-electron chi connectivity index (χ3n) is 4.64. The maximum atomic E-state index is 13.7. The number of hydrogen-bond acceptors (Lipinski definition) is 3. The average Bonchev–Trinajstić information content (AvgIpc) is 2.87. The molecule has 132 valence electrons. The Morgan fingerprint density at radius 3 is 2.72 bits per heavy atom. The molecule has 2 heterocycles. The molecule has 2 amide bonds. The molecule has 1 fully saturated rings. The minimum atomic E-state index is -0.494. The molecular weight excluding hydrogens is 323 g/mol. The zero-order chi connectivity index (χ0) is 18.1. The van der Waals surface area contributed by atoms with Gasteiger partial charge in [-0.25, -0.2) is 4.39 Å². The van der Waals surface area contributed by atoms with Crippen LogP contribution in [0.2, 0.25) is 0 Å². The number of anilines is 1. The molecule has 1 N–H and O–H groups in total. The van der Waals surface area contributed by atoms with E-state index in [0.29, 0.717) is 24.2 Å². The minimum absolute atomic E-state index is 0.0466. The highest BCUT2D eigenvalue weighted by atomic mass is 19.1. The summed E-state index contributed by atoms with van der Waals surface area (Å²) in [7, 11) is 3.41. The van der Waals surface area contributed by atoms with Crippen molar-refractivity contribution in [2.75, 3.05) is 12.4 Å². The van der Waals surface area contributed by atoms with Crippen molar-refractivity contribution in [3.8, 4) is 0 Å². The number of amides is 2. The van der Waals surface area contributed by atoms with Gasteiger partial charge in [0, 0.05) is 26.6 Å². The minimum Gasteiger partial charge on any atom is -0.338 e. The molecule has 0 aliphatic carbocycles. The SMILES string of the molecule is Cc1cc(NC(=O)[C@H]2CCC(=O)N(C)[C@H]2c2cccc(F)c2)n(C)n1. The van der Waals surface area contributed by atoms with Crippen molar-refractivity contribution in [1.82, 2.24) is 14.7 Å². The van der Waals surface area contributed by atoms with Crippen LogP contribution < -0.4 is 5.32 Å². The molecule has 1 aliphatic heterocycles. The summed E-state index contributed by atoms with van der Waals surface area (Å²) in [4.78, 5) is 26.5. The van der Waals surface area contributed by atoms with E-state index in [-0.39, 0.29) is 17.6 Å². The number of halogens is 1. The molecule has 1 saturated heterocycles. The molecule has 7 heteroatoms. The van der Waals surface area contributed by atoms with Crippen molar-refractivity contribution in [1.29, 1.82) is 0 Å². The van der Waals surface area contributed by atoms with Crippen molar-refractivity contribution < 1.29 is 14.0 Å². The van der Waals surface area contributed by atoms with Crippen LogP contribution in [0.1, 0.15) is 30.1 Å². The predicted molar refractivity (Wildman–Crippen MR) is 91.2 cm³/mol. The Kier molecular flexibility index (Phi) is 4.57. The van der Waals surface area contributed by atoms with Crippen molar-refractivity contribution in [2.45, 2.75) is 25.8 Å². The standard InChI is InChI=1S/C18H21FN4O2/c1-11-9-15(23(3)21-11)20-18(25)14-7-8-16(24)22(2)17(14)12-5-4-6-13(19)10-12/h4-6,9-10,14,17H,7-8H2,1-3H3,(H,20,25)/t14-,17-/m0/s1. The third kappa shape index (κ3) is 3.40. The van der Waals surface area contributed by atoms with Crippen molar-refractivity contribution >= 4 is 17.6 Å². The van der Waals surface area contributed by atoms with Gasteiger partial charge in [0.05, 0.1) is 17.7 Å². The number of carbonyl (C=O) groups is 2. The van der Waals surface area contributed by atoms with Gasteiger partial charge in [-0.3, -0.25) is 14.3 Å². The monoisotopic (exact) mass is 344 g/mol. The molecule has 6 nitrogen and oxygen atoms in total. The van der Waals surface area contributed by atoms with Gasteiger partial charge < -0.3 is 10.2 Å². The van der Waals surface area contributed by atoms with E-state index in [1.807, 2.05) is 6.92 Å². The van der Waals surface area contributed by atoms with E-state index in [4.69, 9.17) is 0 Å². The average molecular weight is 344 g/mol. The molecule has 0 bridgehead atoms. The van der Waals surface area contributed by atoms with Gasteiger partial charge in [-0.2, -0.15) is 5.10 Å². The third-order valence-corrected chi connectivity index (χ3v) is 4.64. The van der Waals surface area contributed by atoms with Crippen LogP contribution in [0.15, 0.2) is 30.3 Å². The molecule has 0 saturated carbocycles. The number of likely N-dealkylation sites (tertiary alicyclic amines) is 1. The van der Waals surface area contributed by atoms with Gasteiger partial charge in [0.25, 0.3) is 0 Å². The topological polar surface area (TPSA) is 67.2 Å². The van der Waals surface area contributed by atoms with Crippen LogP contribution in [0.5, 0.6) is 0 Å². The summed E-state index contributed by atoms with van der Waals surface area (Å²) >= 11 is 0. The Labute approximate surface area is 145 Å². The molecule has 1 aromatic carbocycles. The number of nitrogens with one attached hydrogen (secondary N) is 1. The van der Waals surface area contributed by atoms with Crippen LogP contribution in [-0.2, 0) is 16.6 Å². The lowest BCUT2D eigenvalue weighted by Crippen LogP contribution is -2.44. The number of hydrogen-bond donors (Lipinski definition) is 1. The lowest BCUT2D eigenvalue weighted by atomic mass is 9.84. The van der Waals surface area contributed by atoms with Crippen LogP contribution >= 0.6 is 0 Å². The highest BCUT2D eigenvalue weighted by Crippen LogP contribution is 2.36. The number of aryl methyl sites for hydroxylation is 2. The van der Waals surface area contributed by atoms with E-state index in [9.17, 15) is 14.0 Å². The van der Waals surface area contributed by atoms with E-state index >= 15 is 0 Å². The van der Waals surface area contributed by atoms with E-state index in [0.717, 1.165) is 5.69 Å². The first-order valence-electron chi connectivity index (χ1n) is 8.19. The summed E-state index contributed by atoms with van der Waals surface area (Å²) in [6.07, 6.45) is 0.720. The zero-order valence-corrected chi connectivity index (χ0v) is 14.5. The summed E-state index contributed by atoms with van der Waals surface area (Å²) < 4.78 is 15.3. The second-order valence-corrected chi connectivity index (χ2v) is 6.43. The van der Waals surface area contributed by atoms with Crippen molar-refractivity contribution in [2.24, 2.45) is 13.0 Å². The molecule has 1 aromatic heterocycles. The fraction of sp³-hybridized carbons (Fsp3) is 0.389. The summed E-state index contributed by atoms with van der Waals surface area (Å²) in [5.41, 5.74) is 1.42. The van der Waals surface area contributed by atoms with E-state index in [2.05, 4.69) is 10.4 Å². The largest absolute Gasteiger partial charge is 0.338 e. The second kappa shape index (κ2) is 6.66. The van der Waals surface area contributed by atoms with Gasteiger partial charge in [-0.05, 0) is 31.0 Å². The Morgan fingerprint density at radius 1 is 1.32 bits per heavy atom. The van der Waals surface area contributed by atoms with E-state index in [1.165, 1.54) is 17.0 Å². The zero-order valence-electron chi connectivity index (χ0n) is 14.5. The smallest absolute Gasteiger partial charge is 0.231 e. The van der Waals surface area contributed by atoms with E-state index in [1.54, 1.807) is 37.0 Å². The van der Waals surface area contributed by atoms with Gasteiger partial charge in [0.2, 0.25) is 11.8 Å². The summed E-state index contributed by atoms with van der Waals surface area (Å²) in [6, 6.07) is 7.36. The molecule has 1 aliphatic rings.